The van der Waals surface area contributed by atoms with Crippen molar-refractivity contribution in [3.8, 4) is 0 Å². The summed E-state index contributed by atoms with van der Waals surface area (Å²) in [6, 6.07) is 12.6. The van der Waals surface area contributed by atoms with Crippen LogP contribution in [0.3, 0.4) is 0 Å². The second kappa shape index (κ2) is 6.12. The standard InChI is InChI=1S/C16H17Cl2N3/c1-2-19-15-12(17)9-13(18)16(21-15)20-14-8-11(14)10-6-4-3-5-7-10/h3-7,9,11,14H,2,8H2,1H3,(H2,19,20,21). The molecule has 5 heteroatoms. The number of pyridine rings is 1. The first kappa shape index (κ1) is 14.5. The lowest BCUT2D eigenvalue weighted by atomic mass is 10.1. The molecule has 0 amide bonds. The molecule has 1 aliphatic rings. The lowest BCUT2D eigenvalue weighted by molar-refractivity contribution is 1.03. The third kappa shape index (κ3) is 3.25. The Morgan fingerprint density at radius 1 is 1.14 bits per heavy atom. The molecule has 21 heavy (non-hydrogen) atoms. The Hall–Kier alpha value is -1.45. The van der Waals surface area contributed by atoms with Crippen LogP contribution in [0.1, 0.15) is 24.8 Å². The minimum atomic E-state index is 0.382. The van der Waals surface area contributed by atoms with Gasteiger partial charge in [0.05, 0.1) is 10.0 Å². The normalized spacial score (nSPS) is 20.1. The first-order valence-corrected chi connectivity index (χ1v) is 7.86. The predicted octanol–water partition coefficient (Wildman–Crippen LogP) is 4.79. The van der Waals surface area contributed by atoms with Gasteiger partial charge in [0.25, 0.3) is 0 Å². The summed E-state index contributed by atoms with van der Waals surface area (Å²) in [5, 5.41) is 7.66. The van der Waals surface area contributed by atoms with Crippen LogP contribution in [0.2, 0.25) is 10.0 Å². The summed E-state index contributed by atoms with van der Waals surface area (Å²) >= 11 is 12.3. The Kier molecular flexibility index (Phi) is 4.22. The second-order valence-corrected chi connectivity index (χ2v) is 6.00. The van der Waals surface area contributed by atoms with Crippen molar-refractivity contribution in [2.45, 2.75) is 25.3 Å². The minimum Gasteiger partial charge on any atom is -0.369 e. The van der Waals surface area contributed by atoms with E-state index in [2.05, 4.69) is 39.9 Å². The number of halogens is 2. The Bertz CT molecular complexity index is 631. The van der Waals surface area contributed by atoms with E-state index >= 15 is 0 Å². The van der Waals surface area contributed by atoms with E-state index < -0.39 is 0 Å². The van der Waals surface area contributed by atoms with Crippen molar-refractivity contribution >= 4 is 34.8 Å². The van der Waals surface area contributed by atoms with Gasteiger partial charge in [-0.15, -0.1) is 0 Å². The van der Waals surface area contributed by atoms with Crippen molar-refractivity contribution in [3.63, 3.8) is 0 Å². The molecule has 1 fully saturated rings. The van der Waals surface area contributed by atoms with Crippen molar-refractivity contribution in [3.05, 3.63) is 52.0 Å². The number of benzene rings is 1. The molecule has 0 radical (unpaired) electrons. The van der Waals surface area contributed by atoms with Crippen LogP contribution in [-0.4, -0.2) is 17.6 Å². The highest BCUT2D eigenvalue weighted by Crippen LogP contribution is 2.43. The molecule has 0 spiro atoms. The highest BCUT2D eigenvalue weighted by atomic mass is 35.5. The van der Waals surface area contributed by atoms with E-state index in [1.54, 1.807) is 6.07 Å². The molecule has 2 atom stereocenters. The molecule has 110 valence electrons. The number of nitrogens with one attached hydrogen (secondary N) is 2. The monoisotopic (exact) mass is 321 g/mol. The molecule has 0 aliphatic heterocycles. The molecule has 0 bridgehead atoms. The predicted molar refractivity (Wildman–Crippen MR) is 89.6 cm³/mol. The van der Waals surface area contributed by atoms with Crippen LogP contribution in [-0.2, 0) is 0 Å². The van der Waals surface area contributed by atoms with Crippen molar-refractivity contribution in [1.29, 1.82) is 0 Å². The average Bonchev–Trinajstić information content (AvgIpc) is 3.24. The molecule has 2 unspecified atom stereocenters. The zero-order valence-corrected chi connectivity index (χ0v) is 13.2. The number of rotatable bonds is 5. The summed E-state index contributed by atoms with van der Waals surface area (Å²) in [4.78, 5) is 4.48. The average molecular weight is 322 g/mol. The fourth-order valence-electron chi connectivity index (χ4n) is 2.46. The molecule has 2 N–H and O–H groups in total. The molecule has 1 saturated carbocycles. The topological polar surface area (TPSA) is 37.0 Å². The van der Waals surface area contributed by atoms with Gasteiger partial charge in [0.2, 0.25) is 0 Å². The molecule has 0 saturated heterocycles. The van der Waals surface area contributed by atoms with Crippen molar-refractivity contribution in [1.82, 2.24) is 4.98 Å². The summed E-state index contributed by atoms with van der Waals surface area (Å²) in [5.41, 5.74) is 1.35. The fourth-order valence-corrected chi connectivity index (χ4v) is 2.94. The van der Waals surface area contributed by atoms with Gasteiger partial charge in [-0.1, -0.05) is 53.5 Å². The minimum absolute atomic E-state index is 0.382. The van der Waals surface area contributed by atoms with Gasteiger partial charge in [0, 0.05) is 18.5 Å². The lowest BCUT2D eigenvalue weighted by Gasteiger charge is -2.11. The van der Waals surface area contributed by atoms with Crippen LogP contribution < -0.4 is 10.6 Å². The number of nitrogens with zero attached hydrogens (tertiary/aromatic N) is 1. The molecule has 1 aromatic carbocycles. The van der Waals surface area contributed by atoms with Gasteiger partial charge in [-0.25, -0.2) is 4.98 Å². The smallest absolute Gasteiger partial charge is 0.147 e. The summed E-state index contributed by atoms with van der Waals surface area (Å²) in [6.45, 7) is 2.77. The molecule has 3 nitrogen and oxygen atoms in total. The molecule has 1 aliphatic carbocycles. The van der Waals surface area contributed by atoms with Crippen LogP contribution in [0, 0.1) is 0 Å². The van der Waals surface area contributed by atoms with Crippen molar-refractivity contribution in [2.75, 3.05) is 17.2 Å². The van der Waals surface area contributed by atoms with Gasteiger partial charge in [-0.05, 0) is 25.0 Å². The molecule has 1 aromatic heterocycles. The summed E-state index contributed by atoms with van der Waals surface area (Å²) in [5.74, 6) is 1.89. The SMILES string of the molecule is CCNc1nc(NC2CC2c2ccccc2)c(Cl)cc1Cl. The Morgan fingerprint density at radius 3 is 2.57 bits per heavy atom. The second-order valence-electron chi connectivity index (χ2n) is 5.18. The highest BCUT2D eigenvalue weighted by molar-refractivity contribution is 6.37. The number of anilines is 2. The maximum Gasteiger partial charge on any atom is 0.147 e. The van der Waals surface area contributed by atoms with Crippen LogP contribution in [0.5, 0.6) is 0 Å². The first-order valence-electron chi connectivity index (χ1n) is 7.10. The van der Waals surface area contributed by atoms with E-state index in [9.17, 15) is 0 Å². The largest absolute Gasteiger partial charge is 0.369 e. The number of aromatic nitrogens is 1. The third-order valence-corrected chi connectivity index (χ3v) is 4.19. The van der Waals surface area contributed by atoms with E-state index in [1.165, 1.54) is 5.56 Å². The fraction of sp³-hybridized carbons (Fsp3) is 0.312. The van der Waals surface area contributed by atoms with Crippen molar-refractivity contribution in [2.24, 2.45) is 0 Å². The lowest BCUT2D eigenvalue weighted by Crippen LogP contribution is -2.09. The van der Waals surface area contributed by atoms with Gasteiger partial charge in [-0.3, -0.25) is 0 Å². The zero-order valence-electron chi connectivity index (χ0n) is 11.7. The Labute approximate surface area is 134 Å². The highest BCUT2D eigenvalue weighted by Gasteiger charge is 2.38. The quantitative estimate of drug-likeness (QED) is 0.831. The maximum atomic E-state index is 6.23. The van der Waals surface area contributed by atoms with E-state index in [0.717, 1.165) is 13.0 Å². The number of hydrogen-bond donors (Lipinski definition) is 2. The molecule has 1 heterocycles. The van der Waals surface area contributed by atoms with Crippen molar-refractivity contribution < 1.29 is 0 Å². The van der Waals surface area contributed by atoms with Gasteiger partial charge in [0.1, 0.15) is 11.6 Å². The van der Waals surface area contributed by atoms with E-state index in [1.807, 2.05) is 13.0 Å². The van der Waals surface area contributed by atoms with E-state index in [4.69, 9.17) is 23.2 Å². The van der Waals surface area contributed by atoms with Crippen LogP contribution in [0.15, 0.2) is 36.4 Å². The third-order valence-electron chi connectivity index (χ3n) is 3.61. The maximum absolute atomic E-state index is 6.23. The van der Waals surface area contributed by atoms with Crippen LogP contribution >= 0.6 is 23.2 Å². The Balaban J connectivity index is 1.73. The van der Waals surface area contributed by atoms with Gasteiger partial charge in [0.15, 0.2) is 0 Å². The molecule has 2 aromatic rings. The van der Waals surface area contributed by atoms with Gasteiger partial charge in [-0.2, -0.15) is 0 Å². The first-order chi connectivity index (χ1) is 10.2. The summed E-state index contributed by atoms with van der Waals surface area (Å²) in [7, 11) is 0. The van der Waals surface area contributed by atoms with E-state index in [0.29, 0.717) is 33.6 Å². The molecular weight excluding hydrogens is 305 g/mol. The van der Waals surface area contributed by atoms with Gasteiger partial charge < -0.3 is 10.6 Å². The zero-order chi connectivity index (χ0) is 14.8. The van der Waals surface area contributed by atoms with Gasteiger partial charge >= 0.3 is 0 Å². The Morgan fingerprint density at radius 2 is 1.86 bits per heavy atom. The van der Waals surface area contributed by atoms with E-state index in [-0.39, 0.29) is 0 Å². The summed E-state index contributed by atoms with van der Waals surface area (Å²) in [6.07, 6.45) is 1.10. The summed E-state index contributed by atoms with van der Waals surface area (Å²) < 4.78 is 0. The molecule has 3 rings (SSSR count). The molecular formula is C16H17Cl2N3. The van der Waals surface area contributed by atoms with Crippen LogP contribution in [0.25, 0.3) is 0 Å². The van der Waals surface area contributed by atoms with Crippen LogP contribution in [0.4, 0.5) is 11.6 Å². The number of hydrogen-bond acceptors (Lipinski definition) is 3.